The molecule has 84 valence electrons. The van der Waals surface area contributed by atoms with Crippen LogP contribution in [0.5, 0.6) is 5.75 Å². The summed E-state index contributed by atoms with van der Waals surface area (Å²) in [5, 5.41) is 0. The van der Waals surface area contributed by atoms with Crippen LogP contribution in [0.25, 0.3) is 0 Å². The van der Waals surface area contributed by atoms with Crippen LogP contribution in [0.3, 0.4) is 0 Å². The van der Waals surface area contributed by atoms with Gasteiger partial charge in [0.15, 0.2) is 0 Å². The van der Waals surface area contributed by atoms with E-state index in [0.717, 1.165) is 5.75 Å². The van der Waals surface area contributed by atoms with Gasteiger partial charge in [0, 0.05) is 5.54 Å². The lowest BCUT2D eigenvalue weighted by atomic mass is 10.0. The van der Waals surface area contributed by atoms with E-state index in [-0.39, 0.29) is 5.54 Å². The highest BCUT2D eigenvalue weighted by molar-refractivity contribution is 5.28. The van der Waals surface area contributed by atoms with E-state index in [1.54, 1.807) is 0 Å². The van der Waals surface area contributed by atoms with Crippen molar-refractivity contribution in [1.29, 1.82) is 0 Å². The fourth-order valence-electron chi connectivity index (χ4n) is 1.22. The molecule has 0 unspecified atom stereocenters. The van der Waals surface area contributed by atoms with Crippen molar-refractivity contribution in [3.63, 3.8) is 0 Å². The lowest BCUT2D eigenvalue weighted by molar-refractivity contribution is 0.243. The van der Waals surface area contributed by atoms with Crippen LogP contribution in [0.4, 0.5) is 0 Å². The van der Waals surface area contributed by atoms with Crippen molar-refractivity contribution in [2.75, 3.05) is 6.61 Å². The summed E-state index contributed by atoms with van der Waals surface area (Å²) in [6.07, 6.45) is 0. The highest BCUT2D eigenvalue weighted by atomic mass is 16.5. The Morgan fingerprint density at radius 3 is 2.13 bits per heavy atom. The van der Waals surface area contributed by atoms with Crippen LogP contribution in [0, 0.1) is 0 Å². The summed E-state index contributed by atoms with van der Waals surface area (Å²) in [7, 11) is 0. The van der Waals surface area contributed by atoms with Gasteiger partial charge in [-0.3, -0.25) is 0 Å². The average molecular weight is 207 g/mol. The predicted octanol–water partition coefficient (Wildman–Crippen LogP) is 2.93. The van der Waals surface area contributed by atoms with Crippen LogP contribution >= 0.6 is 0 Å². The summed E-state index contributed by atoms with van der Waals surface area (Å²) in [5.41, 5.74) is 6.88. The zero-order valence-electron chi connectivity index (χ0n) is 10.1. The summed E-state index contributed by atoms with van der Waals surface area (Å²) >= 11 is 0. The van der Waals surface area contributed by atoms with E-state index in [9.17, 15) is 0 Å². The highest BCUT2D eigenvalue weighted by Crippen LogP contribution is 2.19. The Morgan fingerprint density at radius 1 is 1.20 bits per heavy atom. The van der Waals surface area contributed by atoms with Gasteiger partial charge in [-0.1, -0.05) is 26.0 Å². The molecule has 0 aromatic heterocycles. The Balaban J connectivity index is 2.57. The summed E-state index contributed by atoms with van der Waals surface area (Å²) in [6.45, 7) is 8.80. The maximum atomic E-state index is 5.84. The SMILES string of the molecule is CC(C)c1ccc(OCC(C)(C)N)cc1. The van der Waals surface area contributed by atoms with Gasteiger partial charge in [-0.25, -0.2) is 0 Å². The zero-order valence-corrected chi connectivity index (χ0v) is 10.1. The Labute approximate surface area is 92.4 Å². The van der Waals surface area contributed by atoms with Crippen LogP contribution in [0.1, 0.15) is 39.2 Å². The van der Waals surface area contributed by atoms with Crippen LogP contribution in [0.2, 0.25) is 0 Å². The van der Waals surface area contributed by atoms with Gasteiger partial charge in [-0.05, 0) is 37.5 Å². The van der Waals surface area contributed by atoms with Gasteiger partial charge in [-0.15, -0.1) is 0 Å². The number of hydrogen-bond acceptors (Lipinski definition) is 2. The maximum absolute atomic E-state index is 5.84. The third-order valence-electron chi connectivity index (χ3n) is 2.16. The zero-order chi connectivity index (χ0) is 11.5. The number of hydrogen-bond donors (Lipinski definition) is 1. The third-order valence-corrected chi connectivity index (χ3v) is 2.16. The first-order valence-corrected chi connectivity index (χ1v) is 5.40. The lowest BCUT2D eigenvalue weighted by Crippen LogP contribution is -2.38. The molecule has 15 heavy (non-hydrogen) atoms. The van der Waals surface area contributed by atoms with Crippen molar-refractivity contribution >= 4 is 0 Å². The van der Waals surface area contributed by atoms with Crippen LogP contribution < -0.4 is 10.5 Å². The van der Waals surface area contributed by atoms with Gasteiger partial charge in [0.25, 0.3) is 0 Å². The van der Waals surface area contributed by atoms with Gasteiger partial charge in [0.05, 0.1) is 0 Å². The summed E-state index contributed by atoms with van der Waals surface area (Å²) in [4.78, 5) is 0. The Morgan fingerprint density at radius 2 is 1.73 bits per heavy atom. The van der Waals surface area contributed by atoms with Crippen LogP contribution in [-0.4, -0.2) is 12.1 Å². The molecule has 0 radical (unpaired) electrons. The van der Waals surface area contributed by atoms with E-state index < -0.39 is 0 Å². The van der Waals surface area contributed by atoms with Crippen LogP contribution in [0.15, 0.2) is 24.3 Å². The number of nitrogens with two attached hydrogens (primary N) is 1. The molecule has 0 heterocycles. The molecule has 0 saturated heterocycles. The molecular weight excluding hydrogens is 186 g/mol. The fraction of sp³-hybridized carbons (Fsp3) is 0.538. The topological polar surface area (TPSA) is 35.2 Å². The standard InChI is InChI=1S/C13H21NO/c1-10(2)11-5-7-12(8-6-11)15-9-13(3,4)14/h5-8,10H,9,14H2,1-4H3. The first-order chi connectivity index (χ1) is 6.88. The van der Waals surface area contributed by atoms with Crippen molar-refractivity contribution in [2.24, 2.45) is 5.73 Å². The van der Waals surface area contributed by atoms with E-state index in [1.165, 1.54) is 5.56 Å². The molecule has 2 nitrogen and oxygen atoms in total. The largest absolute Gasteiger partial charge is 0.492 e. The molecule has 2 heteroatoms. The van der Waals surface area contributed by atoms with E-state index >= 15 is 0 Å². The number of ether oxygens (including phenoxy) is 1. The van der Waals surface area contributed by atoms with E-state index in [0.29, 0.717) is 12.5 Å². The quantitative estimate of drug-likeness (QED) is 0.824. The lowest BCUT2D eigenvalue weighted by Gasteiger charge is -2.19. The van der Waals surface area contributed by atoms with Gasteiger partial charge >= 0.3 is 0 Å². The Kier molecular flexibility index (Phi) is 3.75. The molecule has 0 bridgehead atoms. The second-order valence-corrected chi connectivity index (χ2v) is 5.00. The molecular formula is C13H21NO. The molecule has 0 saturated carbocycles. The molecule has 1 aromatic carbocycles. The Bertz CT molecular complexity index is 295. The molecule has 0 spiro atoms. The van der Waals surface area contributed by atoms with Crippen molar-refractivity contribution in [3.8, 4) is 5.75 Å². The second kappa shape index (κ2) is 4.67. The molecule has 0 aliphatic heterocycles. The minimum Gasteiger partial charge on any atom is -0.492 e. The van der Waals surface area contributed by atoms with E-state index in [1.807, 2.05) is 26.0 Å². The number of benzene rings is 1. The normalized spacial score (nSPS) is 11.9. The molecule has 0 atom stereocenters. The summed E-state index contributed by atoms with van der Waals surface area (Å²) < 4.78 is 5.58. The first-order valence-electron chi connectivity index (χ1n) is 5.40. The van der Waals surface area contributed by atoms with Crippen molar-refractivity contribution < 1.29 is 4.74 Å². The van der Waals surface area contributed by atoms with Crippen molar-refractivity contribution in [1.82, 2.24) is 0 Å². The van der Waals surface area contributed by atoms with Gasteiger partial charge < -0.3 is 10.5 Å². The highest BCUT2D eigenvalue weighted by Gasteiger charge is 2.11. The third kappa shape index (κ3) is 4.34. The second-order valence-electron chi connectivity index (χ2n) is 5.00. The fourth-order valence-corrected chi connectivity index (χ4v) is 1.22. The van der Waals surface area contributed by atoms with Gasteiger partial charge in [0.2, 0.25) is 0 Å². The minimum absolute atomic E-state index is 0.281. The van der Waals surface area contributed by atoms with E-state index in [4.69, 9.17) is 10.5 Å². The molecule has 0 amide bonds. The summed E-state index contributed by atoms with van der Waals surface area (Å²) in [6, 6.07) is 8.20. The Hall–Kier alpha value is -1.02. The maximum Gasteiger partial charge on any atom is 0.119 e. The molecule has 1 aromatic rings. The summed E-state index contributed by atoms with van der Waals surface area (Å²) in [5.74, 6) is 1.45. The average Bonchev–Trinajstić information content (AvgIpc) is 2.14. The number of rotatable bonds is 4. The predicted molar refractivity (Wildman–Crippen MR) is 64.3 cm³/mol. The monoisotopic (exact) mass is 207 g/mol. The first kappa shape index (κ1) is 12.1. The molecule has 0 aliphatic carbocycles. The smallest absolute Gasteiger partial charge is 0.119 e. The van der Waals surface area contributed by atoms with E-state index in [2.05, 4.69) is 26.0 Å². The van der Waals surface area contributed by atoms with Crippen molar-refractivity contribution in [2.45, 2.75) is 39.2 Å². The van der Waals surface area contributed by atoms with Gasteiger partial charge in [-0.2, -0.15) is 0 Å². The minimum atomic E-state index is -0.281. The van der Waals surface area contributed by atoms with Gasteiger partial charge in [0.1, 0.15) is 12.4 Å². The molecule has 0 fully saturated rings. The molecule has 2 N–H and O–H groups in total. The van der Waals surface area contributed by atoms with Crippen molar-refractivity contribution in [3.05, 3.63) is 29.8 Å². The molecule has 0 aliphatic rings. The molecule has 1 rings (SSSR count). The van der Waals surface area contributed by atoms with Crippen LogP contribution in [-0.2, 0) is 0 Å².